The first-order chi connectivity index (χ1) is 13.0. The second-order valence-electron chi connectivity index (χ2n) is 6.75. The number of nitrogens with one attached hydrogen (secondary N) is 3. The van der Waals surface area contributed by atoms with Crippen molar-refractivity contribution in [2.75, 3.05) is 10.6 Å². The van der Waals surface area contributed by atoms with Crippen LogP contribution in [-0.2, 0) is 9.59 Å². The Labute approximate surface area is 168 Å². The molecule has 0 atom stereocenters. The molecule has 0 aliphatic heterocycles. The zero-order valence-corrected chi connectivity index (χ0v) is 17.4. The Morgan fingerprint density at radius 1 is 0.815 bits per heavy atom. The van der Waals surface area contributed by atoms with Gasteiger partial charge in [-0.05, 0) is 43.3 Å². The highest BCUT2D eigenvalue weighted by Crippen LogP contribution is 2.16. The largest absolute Gasteiger partial charge is 0.332 e. The Morgan fingerprint density at radius 2 is 1.37 bits per heavy atom. The molecule has 150 valence electrons. The summed E-state index contributed by atoms with van der Waals surface area (Å²) in [6, 6.07) is 7.32. The van der Waals surface area contributed by atoms with Gasteiger partial charge < -0.3 is 16.0 Å². The summed E-state index contributed by atoms with van der Waals surface area (Å²) >= 11 is 5.20. The smallest absolute Gasteiger partial charge is 0.226 e. The lowest BCUT2D eigenvalue weighted by atomic mass is 10.1. The molecule has 5 nitrogen and oxygen atoms in total. The molecule has 0 spiro atoms. The molecule has 2 amide bonds. The standard InChI is InChI=1S/C21H33N3O2S/c1-3-5-7-8-10-15-20(26)24-21(27)23-18-13-11-12-17(16-18)22-19(25)14-9-6-4-2/h11-13,16H,3-10,14-15H2,1-2H3,(H,22,25)(H2,23,24,26,27). The first-order valence-electron chi connectivity index (χ1n) is 10.1. The van der Waals surface area contributed by atoms with Crippen molar-refractivity contribution in [1.82, 2.24) is 5.32 Å². The predicted molar refractivity (Wildman–Crippen MR) is 117 cm³/mol. The zero-order valence-electron chi connectivity index (χ0n) is 16.6. The summed E-state index contributed by atoms with van der Waals surface area (Å²) in [7, 11) is 0. The summed E-state index contributed by atoms with van der Waals surface area (Å²) in [5.74, 6) is -0.0519. The van der Waals surface area contributed by atoms with Crippen molar-refractivity contribution in [2.24, 2.45) is 0 Å². The van der Waals surface area contributed by atoms with Crippen molar-refractivity contribution in [1.29, 1.82) is 0 Å². The molecule has 0 aliphatic carbocycles. The van der Waals surface area contributed by atoms with E-state index in [1.165, 1.54) is 19.3 Å². The number of anilines is 2. The maximum absolute atomic E-state index is 11.9. The minimum absolute atomic E-state index is 0.0135. The van der Waals surface area contributed by atoms with Crippen LogP contribution in [0.25, 0.3) is 0 Å². The molecule has 0 bridgehead atoms. The topological polar surface area (TPSA) is 70.2 Å². The van der Waals surface area contributed by atoms with Crippen LogP contribution in [0.4, 0.5) is 11.4 Å². The van der Waals surface area contributed by atoms with Gasteiger partial charge in [0.25, 0.3) is 0 Å². The van der Waals surface area contributed by atoms with Crippen LogP contribution >= 0.6 is 12.2 Å². The summed E-state index contributed by atoms with van der Waals surface area (Å²) < 4.78 is 0. The Balaban J connectivity index is 2.37. The van der Waals surface area contributed by atoms with Gasteiger partial charge in [-0.15, -0.1) is 0 Å². The fourth-order valence-corrected chi connectivity index (χ4v) is 2.91. The average molecular weight is 392 g/mol. The highest BCUT2D eigenvalue weighted by atomic mass is 32.1. The molecule has 0 radical (unpaired) electrons. The van der Waals surface area contributed by atoms with Crippen LogP contribution in [0.2, 0.25) is 0 Å². The van der Waals surface area contributed by atoms with Crippen LogP contribution < -0.4 is 16.0 Å². The van der Waals surface area contributed by atoms with Crippen LogP contribution in [0.5, 0.6) is 0 Å². The molecule has 0 aromatic heterocycles. The molecule has 3 N–H and O–H groups in total. The van der Waals surface area contributed by atoms with E-state index in [0.717, 1.165) is 37.8 Å². The van der Waals surface area contributed by atoms with E-state index in [9.17, 15) is 9.59 Å². The van der Waals surface area contributed by atoms with Gasteiger partial charge in [-0.25, -0.2) is 0 Å². The van der Waals surface area contributed by atoms with Gasteiger partial charge in [-0.3, -0.25) is 9.59 Å². The van der Waals surface area contributed by atoms with Crippen molar-refractivity contribution in [3.8, 4) is 0 Å². The number of hydrogen-bond acceptors (Lipinski definition) is 3. The van der Waals surface area contributed by atoms with Crippen LogP contribution in [0.1, 0.15) is 78.1 Å². The molecule has 27 heavy (non-hydrogen) atoms. The van der Waals surface area contributed by atoms with Gasteiger partial charge >= 0.3 is 0 Å². The van der Waals surface area contributed by atoms with E-state index in [2.05, 4.69) is 29.8 Å². The number of unbranched alkanes of at least 4 members (excludes halogenated alkanes) is 6. The van der Waals surface area contributed by atoms with E-state index >= 15 is 0 Å². The van der Waals surface area contributed by atoms with Gasteiger partial charge in [0.2, 0.25) is 11.8 Å². The van der Waals surface area contributed by atoms with E-state index in [0.29, 0.717) is 18.5 Å². The van der Waals surface area contributed by atoms with Crippen LogP contribution in [0.3, 0.4) is 0 Å². The number of amides is 2. The maximum Gasteiger partial charge on any atom is 0.226 e. The maximum atomic E-state index is 11.9. The van der Waals surface area contributed by atoms with Crippen molar-refractivity contribution < 1.29 is 9.59 Å². The molecule has 0 saturated heterocycles. The number of hydrogen-bond donors (Lipinski definition) is 3. The fourth-order valence-electron chi connectivity index (χ4n) is 2.67. The van der Waals surface area contributed by atoms with Crippen LogP contribution in [0.15, 0.2) is 24.3 Å². The Kier molecular flexibility index (Phi) is 12.1. The molecule has 0 unspecified atom stereocenters. The summed E-state index contributed by atoms with van der Waals surface area (Å²) in [4.78, 5) is 23.8. The molecule has 0 fully saturated rings. The Hall–Kier alpha value is -1.95. The highest BCUT2D eigenvalue weighted by molar-refractivity contribution is 7.80. The van der Waals surface area contributed by atoms with E-state index < -0.39 is 0 Å². The van der Waals surface area contributed by atoms with Crippen molar-refractivity contribution >= 4 is 40.5 Å². The van der Waals surface area contributed by atoms with Gasteiger partial charge in [0, 0.05) is 24.2 Å². The fraction of sp³-hybridized carbons (Fsp3) is 0.571. The van der Waals surface area contributed by atoms with Gasteiger partial charge in [0.15, 0.2) is 5.11 Å². The monoisotopic (exact) mass is 391 g/mol. The third-order valence-electron chi connectivity index (χ3n) is 4.17. The molecule has 0 saturated carbocycles. The normalized spacial score (nSPS) is 10.3. The molecule has 0 aliphatic rings. The van der Waals surface area contributed by atoms with Crippen molar-refractivity contribution in [2.45, 2.75) is 78.1 Å². The molecular weight excluding hydrogens is 358 g/mol. The van der Waals surface area contributed by atoms with Crippen LogP contribution in [0, 0.1) is 0 Å². The lowest BCUT2D eigenvalue weighted by Crippen LogP contribution is -2.33. The molecular formula is C21H33N3O2S. The average Bonchev–Trinajstić information content (AvgIpc) is 2.62. The molecule has 1 rings (SSSR count). The van der Waals surface area contributed by atoms with Crippen LogP contribution in [-0.4, -0.2) is 16.9 Å². The quantitative estimate of drug-likeness (QED) is 0.330. The van der Waals surface area contributed by atoms with Crippen molar-refractivity contribution in [3.05, 3.63) is 24.3 Å². The lowest BCUT2D eigenvalue weighted by Gasteiger charge is -2.11. The van der Waals surface area contributed by atoms with E-state index in [-0.39, 0.29) is 16.9 Å². The number of benzene rings is 1. The predicted octanol–water partition coefficient (Wildman–Crippen LogP) is 5.38. The highest BCUT2D eigenvalue weighted by Gasteiger charge is 2.06. The first-order valence-corrected chi connectivity index (χ1v) is 10.5. The van der Waals surface area contributed by atoms with Crippen molar-refractivity contribution in [3.63, 3.8) is 0 Å². The Bertz CT molecular complexity index is 605. The molecule has 6 heteroatoms. The second-order valence-corrected chi connectivity index (χ2v) is 7.16. The summed E-state index contributed by atoms with van der Waals surface area (Å²) in [6.07, 6.45) is 9.59. The summed E-state index contributed by atoms with van der Waals surface area (Å²) in [5, 5.41) is 8.87. The van der Waals surface area contributed by atoms with Gasteiger partial charge in [-0.1, -0.05) is 58.4 Å². The number of carbonyl (C=O) groups excluding carboxylic acids is 2. The molecule has 1 aromatic carbocycles. The third kappa shape index (κ3) is 11.4. The number of rotatable bonds is 12. The SMILES string of the molecule is CCCCCCCC(=O)NC(=S)Nc1cccc(NC(=O)CCCCC)c1. The van der Waals surface area contributed by atoms with E-state index in [1.807, 2.05) is 18.2 Å². The molecule has 0 heterocycles. The molecule has 1 aromatic rings. The second kappa shape index (κ2) is 14.2. The lowest BCUT2D eigenvalue weighted by molar-refractivity contribution is -0.119. The minimum atomic E-state index is -0.0654. The van der Waals surface area contributed by atoms with Gasteiger partial charge in [-0.2, -0.15) is 0 Å². The van der Waals surface area contributed by atoms with E-state index in [4.69, 9.17) is 12.2 Å². The Morgan fingerprint density at radius 3 is 2.07 bits per heavy atom. The number of carbonyl (C=O) groups is 2. The summed E-state index contributed by atoms with van der Waals surface area (Å²) in [6.45, 7) is 4.28. The van der Waals surface area contributed by atoms with E-state index in [1.54, 1.807) is 6.07 Å². The van der Waals surface area contributed by atoms with Gasteiger partial charge in [0.1, 0.15) is 0 Å². The zero-order chi connectivity index (χ0) is 19.9. The van der Waals surface area contributed by atoms with Gasteiger partial charge in [0.05, 0.1) is 0 Å². The summed E-state index contributed by atoms with van der Waals surface area (Å²) in [5.41, 5.74) is 1.45. The third-order valence-corrected chi connectivity index (χ3v) is 4.38. The number of thiocarbonyl (C=S) groups is 1. The minimum Gasteiger partial charge on any atom is -0.332 e. The first kappa shape index (κ1) is 23.1.